The number of anilines is 1. The summed E-state index contributed by atoms with van der Waals surface area (Å²) in [5, 5.41) is 12.8. The molecule has 16 heavy (non-hydrogen) atoms. The molecule has 0 spiro atoms. The number of halogens is 1. The predicted molar refractivity (Wildman–Crippen MR) is 58.6 cm³/mol. The van der Waals surface area contributed by atoms with E-state index in [1.54, 1.807) is 17.5 Å². The smallest absolute Gasteiger partial charge is 0.270 e. The van der Waals surface area contributed by atoms with Crippen LogP contribution in [0.25, 0.3) is 11.3 Å². The Morgan fingerprint density at radius 2 is 2.19 bits per heavy atom. The molecule has 2 rings (SSSR count). The summed E-state index contributed by atoms with van der Waals surface area (Å²) in [6, 6.07) is 6.32. The number of hydrogen-bond acceptors (Lipinski definition) is 5. The molecule has 1 heterocycles. The average Bonchev–Trinajstić information content (AvgIpc) is 2.65. The number of nitro groups is 1. The van der Waals surface area contributed by atoms with Gasteiger partial charge in [-0.1, -0.05) is 12.1 Å². The summed E-state index contributed by atoms with van der Waals surface area (Å²) >= 11 is 1.31. The number of nitrogens with zero attached hydrogens (tertiary/aromatic N) is 2. The zero-order valence-electron chi connectivity index (χ0n) is 7.96. The maximum Gasteiger partial charge on any atom is 0.270 e. The molecule has 2 aromatic rings. The number of rotatable bonds is 2. The minimum Gasteiger partial charge on any atom is -1.00 e. The molecule has 7 heteroatoms. The summed E-state index contributed by atoms with van der Waals surface area (Å²) in [6.45, 7) is 0. The zero-order chi connectivity index (χ0) is 10.8. The van der Waals surface area contributed by atoms with E-state index in [0.29, 0.717) is 16.4 Å². The molecule has 5 nitrogen and oxygen atoms in total. The van der Waals surface area contributed by atoms with Gasteiger partial charge in [0.2, 0.25) is 0 Å². The van der Waals surface area contributed by atoms with E-state index in [2.05, 4.69) is 4.98 Å². The van der Waals surface area contributed by atoms with E-state index in [9.17, 15) is 10.1 Å². The summed E-state index contributed by atoms with van der Waals surface area (Å²) < 4.78 is 0. The fourth-order valence-electron chi connectivity index (χ4n) is 1.20. The molecular weight excluding hydrogens is 294 g/mol. The first kappa shape index (κ1) is 12.6. The lowest BCUT2D eigenvalue weighted by molar-refractivity contribution is -0.384. The number of thiazole rings is 1. The van der Waals surface area contributed by atoms with Crippen molar-refractivity contribution in [1.29, 1.82) is 0 Å². The molecule has 2 N–H and O–H groups in total. The van der Waals surface area contributed by atoms with Crippen LogP contribution in [0.5, 0.6) is 0 Å². The Morgan fingerprint density at radius 1 is 1.44 bits per heavy atom. The highest BCUT2D eigenvalue weighted by molar-refractivity contribution is 7.13. The lowest BCUT2D eigenvalue weighted by Gasteiger charge is -1.95. The number of non-ortho nitro benzene ring substituents is 1. The molecule has 0 fully saturated rings. The van der Waals surface area contributed by atoms with E-state index in [0.717, 1.165) is 0 Å². The van der Waals surface area contributed by atoms with Crippen LogP contribution in [0.2, 0.25) is 0 Å². The molecule has 0 unspecified atom stereocenters. The van der Waals surface area contributed by atoms with Gasteiger partial charge in [0.1, 0.15) is 0 Å². The van der Waals surface area contributed by atoms with Gasteiger partial charge in [-0.05, 0) is 0 Å². The van der Waals surface area contributed by atoms with Crippen LogP contribution in [0.15, 0.2) is 29.6 Å². The monoisotopic (exact) mass is 300 g/mol. The van der Waals surface area contributed by atoms with Crippen LogP contribution >= 0.6 is 11.3 Å². The predicted octanol–water partition coefficient (Wildman–Crippen LogP) is -0.696. The lowest BCUT2D eigenvalue weighted by atomic mass is 10.1. The van der Waals surface area contributed by atoms with Gasteiger partial charge < -0.3 is 22.7 Å². The third kappa shape index (κ3) is 2.56. The van der Waals surface area contributed by atoms with Gasteiger partial charge in [0.15, 0.2) is 5.13 Å². The van der Waals surface area contributed by atoms with Gasteiger partial charge in [-0.15, -0.1) is 11.3 Å². The highest BCUT2D eigenvalue weighted by Gasteiger charge is 2.08. The Morgan fingerprint density at radius 3 is 2.75 bits per heavy atom. The first-order chi connectivity index (χ1) is 7.16. The summed E-state index contributed by atoms with van der Waals surface area (Å²) in [5.41, 5.74) is 6.92. The van der Waals surface area contributed by atoms with Crippen LogP contribution in [-0.2, 0) is 0 Å². The van der Waals surface area contributed by atoms with Crippen molar-refractivity contribution in [3.05, 3.63) is 39.8 Å². The second-order valence-electron chi connectivity index (χ2n) is 2.88. The molecule has 84 valence electrons. The van der Waals surface area contributed by atoms with Crippen molar-refractivity contribution in [3.63, 3.8) is 0 Å². The fourth-order valence-corrected chi connectivity index (χ4v) is 1.77. The molecule has 0 aliphatic rings. The van der Waals surface area contributed by atoms with Gasteiger partial charge in [-0.2, -0.15) is 0 Å². The Labute approximate surface area is 106 Å². The molecule has 0 saturated carbocycles. The van der Waals surface area contributed by atoms with Crippen LogP contribution in [-0.4, -0.2) is 9.91 Å². The number of hydrogen-bond donors (Lipinski definition) is 1. The molecule has 1 aromatic carbocycles. The second-order valence-corrected chi connectivity index (χ2v) is 3.77. The van der Waals surface area contributed by atoms with Crippen molar-refractivity contribution in [1.82, 2.24) is 4.98 Å². The number of nitrogens with two attached hydrogens (primary N) is 1. The summed E-state index contributed by atoms with van der Waals surface area (Å²) in [6.07, 6.45) is 0. The van der Waals surface area contributed by atoms with E-state index in [1.807, 2.05) is 0 Å². The Balaban J connectivity index is 0.00000128. The number of nitro benzene ring substituents is 1. The summed E-state index contributed by atoms with van der Waals surface area (Å²) in [5.74, 6) is 0. The van der Waals surface area contributed by atoms with E-state index in [-0.39, 0.29) is 22.7 Å². The Hall–Kier alpha value is -1.47. The van der Waals surface area contributed by atoms with Crippen LogP contribution in [0.3, 0.4) is 0 Å². The molecule has 0 saturated heterocycles. The second kappa shape index (κ2) is 5.04. The van der Waals surface area contributed by atoms with E-state index in [1.165, 1.54) is 23.5 Å². The minimum absolute atomic E-state index is 0. The van der Waals surface area contributed by atoms with Crippen molar-refractivity contribution in [2.24, 2.45) is 0 Å². The third-order valence-electron chi connectivity index (χ3n) is 1.87. The molecule has 1 aromatic heterocycles. The molecule has 0 atom stereocenters. The molecule has 0 amide bonds. The quantitative estimate of drug-likeness (QED) is 0.588. The molecule has 0 radical (unpaired) electrons. The van der Waals surface area contributed by atoms with Gasteiger partial charge >= 0.3 is 0 Å². The maximum absolute atomic E-state index is 10.6. The van der Waals surface area contributed by atoms with Crippen molar-refractivity contribution in [3.8, 4) is 11.3 Å². The number of benzene rings is 1. The summed E-state index contributed by atoms with van der Waals surface area (Å²) in [7, 11) is 0. The summed E-state index contributed by atoms with van der Waals surface area (Å²) in [4.78, 5) is 14.2. The standard InChI is InChI=1S/C9H7N3O2S.BrH/c10-9-11-8(5-15-9)6-2-1-3-7(4-6)12(13)14;/h1-5H,(H2,10,11);1H/p-1. The van der Waals surface area contributed by atoms with Crippen LogP contribution in [0.1, 0.15) is 0 Å². The highest BCUT2D eigenvalue weighted by Crippen LogP contribution is 2.25. The first-order valence-electron chi connectivity index (χ1n) is 4.12. The van der Waals surface area contributed by atoms with Crippen LogP contribution < -0.4 is 22.7 Å². The third-order valence-corrected chi connectivity index (χ3v) is 2.55. The molecule has 0 aliphatic carbocycles. The Kier molecular flexibility index (Phi) is 3.97. The van der Waals surface area contributed by atoms with Crippen LogP contribution in [0, 0.1) is 10.1 Å². The van der Waals surface area contributed by atoms with Gasteiger partial charge in [-0.3, -0.25) is 10.1 Å². The van der Waals surface area contributed by atoms with Gasteiger partial charge in [0.05, 0.1) is 10.6 Å². The normalized spacial score (nSPS) is 9.50. The van der Waals surface area contributed by atoms with E-state index >= 15 is 0 Å². The largest absolute Gasteiger partial charge is 1.00 e. The van der Waals surface area contributed by atoms with Crippen molar-refractivity contribution in [2.45, 2.75) is 0 Å². The maximum atomic E-state index is 10.6. The van der Waals surface area contributed by atoms with Crippen molar-refractivity contribution in [2.75, 3.05) is 5.73 Å². The fraction of sp³-hybridized carbons (Fsp3) is 0. The number of aromatic nitrogens is 1. The van der Waals surface area contributed by atoms with Gasteiger partial charge in [-0.25, -0.2) is 4.98 Å². The van der Waals surface area contributed by atoms with E-state index in [4.69, 9.17) is 5.73 Å². The zero-order valence-corrected chi connectivity index (χ0v) is 10.4. The Bertz CT molecular complexity index is 515. The first-order valence-corrected chi connectivity index (χ1v) is 5.00. The molecular formula is C9H7BrN3O2S-. The molecule has 0 bridgehead atoms. The molecule has 0 aliphatic heterocycles. The van der Waals surface area contributed by atoms with E-state index < -0.39 is 4.92 Å². The van der Waals surface area contributed by atoms with Crippen molar-refractivity contribution < 1.29 is 21.9 Å². The SMILES string of the molecule is Nc1nc(-c2cccc([N+](=O)[O-])c2)cs1.[Br-]. The van der Waals surface area contributed by atoms with Gasteiger partial charge in [0.25, 0.3) is 5.69 Å². The van der Waals surface area contributed by atoms with Crippen LogP contribution in [0.4, 0.5) is 10.8 Å². The topological polar surface area (TPSA) is 82.0 Å². The average molecular weight is 301 g/mol. The van der Waals surface area contributed by atoms with Crippen molar-refractivity contribution >= 4 is 22.2 Å². The number of nitrogen functional groups attached to an aromatic ring is 1. The lowest BCUT2D eigenvalue weighted by Crippen LogP contribution is -3.00. The highest BCUT2D eigenvalue weighted by atomic mass is 79.9. The minimum atomic E-state index is -0.431. The van der Waals surface area contributed by atoms with Gasteiger partial charge in [0, 0.05) is 23.1 Å².